The Balaban J connectivity index is 1.82. The number of amides is 1. The van der Waals surface area contributed by atoms with Crippen LogP contribution >= 0.6 is 31.9 Å². The van der Waals surface area contributed by atoms with Crippen molar-refractivity contribution in [3.8, 4) is 0 Å². The van der Waals surface area contributed by atoms with Crippen molar-refractivity contribution in [3.05, 3.63) is 22.6 Å². The molecule has 0 saturated heterocycles. The van der Waals surface area contributed by atoms with E-state index in [0.717, 1.165) is 13.0 Å². The molecule has 0 spiro atoms. The van der Waals surface area contributed by atoms with E-state index in [1.54, 1.807) is 6.07 Å². The van der Waals surface area contributed by atoms with Gasteiger partial charge in [-0.2, -0.15) is 0 Å². The fourth-order valence-electron chi connectivity index (χ4n) is 1.99. The van der Waals surface area contributed by atoms with Crippen LogP contribution in [0.3, 0.4) is 0 Å². The molecule has 1 aliphatic carbocycles. The van der Waals surface area contributed by atoms with Gasteiger partial charge in [0.1, 0.15) is 0 Å². The van der Waals surface area contributed by atoms with Gasteiger partial charge in [0.2, 0.25) is 0 Å². The molecule has 2 rings (SSSR count). The molecule has 0 aromatic carbocycles. The van der Waals surface area contributed by atoms with Crippen molar-refractivity contribution >= 4 is 37.8 Å². The number of alkyl halides is 1. The lowest BCUT2D eigenvalue weighted by molar-refractivity contribution is 0.0945. The van der Waals surface area contributed by atoms with Crippen LogP contribution in [0.1, 0.15) is 29.6 Å². The van der Waals surface area contributed by atoms with Crippen molar-refractivity contribution in [2.24, 2.45) is 5.92 Å². The van der Waals surface area contributed by atoms with Gasteiger partial charge in [-0.25, -0.2) is 0 Å². The Labute approximate surface area is 111 Å². The summed E-state index contributed by atoms with van der Waals surface area (Å²) in [5.74, 6) is 0.526. The summed E-state index contributed by atoms with van der Waals surface area (Å²) in [5.41, 5.74) is 0.563. The lowest BCUT2D eigenvalue weighted by atomic mass is 10.1. The monoisotopic (exact) mass is 349 g/mol. The smallest absolute Gasteiger partial charge is 0.255 e. The minimum atomic E-state index is -0.0707. The number of nitrogens with one attached hydrogen (secondary N) is 1. The van der Waals surface area contributed by atoms with Crippen LogP contribution in [0.25, 0.3) is 0 Å². The SMILES string of the molecule is O=C(NCC1CCC(Br)C1)c1ccoc1Br. The zero-order chi connectivity index (χ0) is 11.5. The molecule has 2 unspecified atom stereocenters. The Morgan fingerprint density at radius 3 is 2.94 bits per heavy atom. The predicted octanol–water partition coefficient (Wildman–Crippen LogP) is 3.34. The van der Waals surface area contributed by atoms with Crippen molar-refractivity contribution in [1.82, 2.24) is 5.32 Å². The van der Waals surface area contributed by atoms with E-state index in [9.17, 15) is 4.79 Å². The molecule has 88 valence electrons. The Bertz CT molecular complexity index is 378. The van der Waals surface area contributed by atoms with E-state index in [0.29, 0.717) is 21.0 Å². The number of halogens is 2. The summed E-state index contributed by atoms with van der Waals surface area (Å²) < 4.78 is 5.52. The maximum atomic E-state index is 11.8. The summed E-state index contributed by atoms with van der Waals surface area (Å²) >= 11 is 6.80. The zero-order valence-corrected chi connectivity index (χ0v) is 11.9. The average Bonchev–Trinajstić information content (AvgIpc) is 2.84. The van der Waals surface area contributed by atoms with E-state index in [-0.39, 0.29) is 5.91 Å². The van der Waals surface area contributed by atoms with Gasteiger partial charge in [0, 0.05) is 11.4 Å². The third kappa shape index (κ3) is 2.88. The second kappa shape index (κ2) is 5.36. The molecule has 0 radical (unpaired) electrons. The summed E-state index contributed by atoms with van der Waals surface area (Å²) in [6.07, 6.45) is 5.04. The standard InChI is InChI=1S/C11H13Br2NO2/c12-8-2-1-7(5-8)6-14-11(15)9-3-4-16-10(9)13/h3-4,7-8H,1-2,5-6H2,(H,14,15). The molecule has 1 aromatic rings. The third-order valence-electron chi connectivity index (χ3n) is 2.89. The van der Waals surface area contributed by atoms with Gasteiger partial charge >= 0.3 is 0 Å². The quantitative estimate of drug-likeness (QED) is 0.849. The largest absolute Gasteiger partial charge is 0.457 e. The summed E-state index contributed by atoms with van der Waals surface area (Å²) in [7, 11) is 0. The zero-order valence-electron chi connectivity index (χ0n) is 8.71. The summed E-state index contributed by atoms with van der Waals surface area (Å²) in [5, 5.41) is 2.94. The molecule has 2 atom stereocenters. The number of hydrogen-bond donors (Lipinski definition) is 1. The number of furan rings is 1. The molecule has 16 heavy (non-hydrogen) atoms. The molecule has 1 aromatic heterocycles. The van der Waals surface area contributed by atoms with E-state index in [1.807, 2.05) is 0 Å². The maximum absolute atomic E-state index is 11.8. The molecular weight excluding hydrogens is 338 g/mol. The highest BCUT2D eigenvalue weighted by Gasteiger charge is 2.23. The number of hydrogen-bond acceptors (Lipinski definition) is 2. The van der Waals surface area contributed by atoms with Crippen molar-refractivity contribution in [3.63, 3.8) is 0 Å². The Hall–Kier alpha value is -0.290. The van der Waals surface area contributed by atoms with Crippen LogP contribution in [-0.2, 0) is 0 Å². The molecular formula is C11H13Br2NO2. The third-order valence-corrected chi connectivity index (χ3v) is 4.34. The van der Waals surface area contributed by atoms with Crippen LogP contribution in [0, 0.1) is 5.92 Å². The van der Waals surface area contributed by atoms with Gasteiger partial charge in [-0.05, 0) is 47.2 Å². The summed E-state index contributed by atoms with van der Waals surface area (Å²) in [6.45, 7) is 0.749. The lowest BCUT2D eigenvalue weighted by Gasteiger charge is -2.10. The molecule has 5 heteroatoms. The van der Waals surface area contributed by atoms with Gasteiger partial charge in [-0.15, -0.1) is 0 Å². The number of rotatable bonds is 3. The Kier molecular flexibility index (Phi) is 4.08. The second-order valence-electron chi connectivity index (χ2n) is 4.09. The van der Waals surface area contributed by atoms with Gasteiger partial charge in [0.05, 0.1) is 11.8 Å². The average molecular weight is 351 g/mol. The van der Waals surface area contributed by atoms with Crippen molar-refractivity contribution in [2.75, 3.05) is 6.54 Å². The molecule has 1 fully saturated rings. The molecule has 1 heterocycles. The summed E-state index contributed by atoms with van der Waals surface area (Å²) in [4.78, 5) is 12.4. The van der Waals surface area contributed by atoms with Crippen molar-refractivity contribution < 1.29 is 9.21 Å². The van der Waals surface area contributed by atoms with E-state index < -0.39 is 0 Å². The molecule has 1 N–H and O–H groups in total. The molecule has 1 saturated carbocycles. The van der Waals surface area contributed by atoms with E-state index in [1.165, 1.54) is 19.1 Å². The van der Waals surface area contributed by atoms with Crippen LogP contribution in [0.5, 0.6) is 0 Å². The highest BCUT2D eigenvalue weighted by molar-refractivity contribution is 9.10. The fourth-order valence-corrected chi connectivity index (χ4v) is 3.20. The second-order valence-corrected chi connectivity index (χ2v) is 6.11. The molecule has 3 nitrogen and oxygen atoms in total. The summed E-state index contributed by atoms with van der Waals surface area (Å²) in [6, 6.07) is 1.67. The fraction of sp³-hybridized carbons (Fsp3) is 0.545. The molecule has 0 bridgehead atoms. The molecule has 1 amide bonds. The Morgan fingerprint density at radius 1 is 1.56 bits per heavy atom. The first kappa shape index (κ1) is 12.2. The van der Waals surface area contributed by atoms with Crippen LogP contribution in [0.2, 0.25) is 0 Å². The first-order valence-corrected chi connectivity index (χ1v) is 7.03. The Morgan fingerprint density at radius 2 is 2.38 bits per heavy atom. The highest BCUT2D eigenvalue weighted by atomic mass is 79.9. The van der Waals surface area contributed by atoms with Gasteiger partial charge < -0.3 is 9.73 Å². The maximum Gasteiger partial charge on any atom is 0.255 e. The number of carbonyl (C=O) groups excluding carboxylic acids is 1. The minimum Gasteiger partial charge on any atom is -0.457 e. The van der Waals surface area contributed by atoms with Crippen LogP contribution < -0.4 is 5.32 Å². The normalized spacial score (nSPS) is 24.6. The van der Waals surface area contributed by atoms with Crippen LogP contribution in [0.15, 0.2) is 21.4 Å². The van der Waals surface area contributed by atoms with Gasteiger partial charge in [-0.3, -0.25) is 4.79 Å². The van der Waals surface area contributed by atoms with E-state index in [4.69, 9.17) is 4.42 Å². The van der Waals surface area contributed by atoms with Gasteiger partial charge in [-0.1, -0.05) is 15.9 Å². The number of carbonyl (C=O) groups is 1. The van der Waals surface area contributed by atoms with Gasteiger partial charge in [0.15, 0.2) is 4.67 Å². The lowest BCUT2D eigenvalue weighted by Crippen LogP contribution is -2.28. The predicted molar refractivity (Wildman–Crippen MR) is 68.8 cm³/mol. The van der Waals surface area contributed by atoms with Gasteiger partial charge in [0.25, 0.3) is 5.91 Å². The first-order chi connectivity index (χ1) is 7.66. The molecule has 0 aliphatic heterocycles. The first-order valence-electron chi connectivity index (χ1n) is 5.32. The highest BCUT2D eigenvalue weighted by Crippen LogP contribution is 2.30. The topological polar surface area (TPSA) is 42.2 Å². The van der Waals surface area contributed by atoms with Crippen molar-refractivity contribution in [1.29, 1.82) is 0 Å². The van der Waals surface area contributed by atoms with Crippen LogP contribution in [-0.4, -0.2) is 17.3 Å². The minimum absolute atomic E-state index is 0.0707. The molecule has 1 aliphatic rings. The van der Waals surface area contributed by atoms with Crippen molar-refractivity contribution in [2.45, 2.75) is 24.1 Å². The van der Waals surface area contributed by atoms with Crippen LogP contribution in [0.4, 0.5) is 0 Å². The van der Waals surface area contributed by atoms with E-state index >= 15 is 0 Å². The van der Waals surface area contributed by atoms with E-state index in [2.05, 4.69) is 37.2 Å².